The topological polar surface area (TPSA) is 121 Å². The van der Waals surface area contributed by atoms with E-state index in [1.807, 2.05) is 24.3 Å². The number of esters is 1. The summed E-state index contributed by atoms with van der Waals surface area (Å²) in [4.78, 5) is 12.9. The van der Waals surface area contributed by atoms with E-state index in [1.165, 1.54) is 4.79 Å². The Hall–Kier alpha value is -3.36. The van der Waals surface area contributed by atoms with Gasteiger partial charge in [0.15, 0.2) is 0 Å². The first-order valence-corrected chi connectivity index (χ1v) is 7.31. The Labute approximate surface area is 137 Å². The molecule has 0 spiro atoms. The molecule has 1 aromatic carbocycles. The molecule has 0 aliphatic rings. The van der Waals surface area contributed by atoms with Crippen molar-refractivity contribution in [3.8, 4) is 11.3 Å². The maximum atomic E-state index is 11.6. The summed E-state index contributed by atoms with van der Waals surface area (Å²) in [5, 5.41) is 10.7. The molecule has 24 heavy (non-hydrogen) atoms. The molecule has 0 amide bonds. The van der Waals surface area contributed by atoms with E-state index in [0.29, 0.717) is 30.2 Å². The molecule has 3 aromatic rings. The minimum atomic E-state index is -0.340. The zero-order valence-electron chi connectivity index (χ0n) is 13.0. The van der Waals surface area contributed by atoms with Crippen molar-refractivity contribution < 1.29 is 13.9 Å². The van der Waals surface area contributed by atoms with Crippen molar-refractivity contribution >= 4 is 11.9 Å². The van der Waals surface area contributed by atoms with Crippen LogP contribution in [0.5, 0.6) is 0 Å². The predicted octanol–water partition coefficient (Wildman–Crippen LogP) is 1.44. The highest BCUT2D eigenvalue weighted by atomic mass is 16.5. The SMILES string of the molecule is CCOC(=O)c1ccc(-c2ccc(CNn3nnnc3N)o2)cc1. The summed E-state index contributed by atoms with van der Waals surface area (Å²) < 4.78 is 10.7. The van der Waals surface area contributed by atoms with Crippen molar-refractivity contribution in [2.24, 2.45) is 0 Å². The number of benzene rings is 1. The number of hydrogen-bond acceptors (Lipinski definition) is 8. The third kappa shape index (κ3) is 3.35. The lowest BCUT2D eigenvalue weighted by Gasteiger charge is -2.04. The molecule has 124 valence electrons. The minimum Gasteiger partial charge on any atom is -0.462 e. The molecular weight excluding hydrogens is 312 g/mol. The van der Waals surface area contributed by atoms with Gasteiger partial charge in [0, 0.05) is 5.56 Å². The largest absolute Gasteiger partial charge is 0.462 e. The highest BCUT2D eigenvalue weighted by Gasteiger charge is 2.09. The van der Waals surface area contributed by atoms with Gasteiger partial charge in [-0.3, -0.25) is 5.43 Å². The number of nitrogens with one attached hydrogen (secondary N) is 1. The van der Waals surface area contributed by atoms with Crippen LogP contribution in [0.1, 0.15) is 23.0 Å². The molecule has 2 heterocycles. The lowest BCUT2D eigenvalue weighted by Crippen LogP contribution is -2.18. The fourth-order valence-electron chi connectivity index (χ4n) is 2.07. The Bertz CT molecular complexity index is 824. The van der Waals surface area contributed by atoms with E-state index in [4.69, 9.17) is 14.9 Å². The zero-order chi connectivity index (χ0) is 16.9. The third-order valence-electron chi connectivity index (χ3n) is 3.24. The van der Waals surface area contributed by atoms with E-state index in [0.717, 1.165) is 5.56 Å². The Balaban J connectivity index is 1.66. The molecule has 0 fully saturated rings. The molecule has 3 rings (SSSR count). The van der Waals surface area contributed by atoms with Crippen molar-refractivity contribution in [3.63, 3.8) is 0 Å². The van der Waals surface area contributed by atoms with Gasteiger partial charge in [-0.15, -0.1) is 4.79 Å². The summed E-state index contributed by atoms with van der Waals surface area (Å²) in [5.41, 5.74) is 9.83. The highest BCUT2D eigenvalue weighted by Crippen LogP contribution is 2.23. The van der Waals surface area contributed by atoms with Crippen LogP contribution in [-0.2, 0) is 11.3 Å². The van der Waals surface area contributed by atoms with Gasteiger partial charge < -0.3 is 14.9 Å². The first-order chi connectivity index (χ1) is 11.7. The van der Waals surface area contributed by atoms with Crippen LogP contribution in [-0.4, -0.2) is 32.9 Å². The molecular formula is C15H16N6O3. The summed E-state index contributed by atoms with van der Waals surface area (Å²) in [6, 6.07) is 10.7. The van der Waals surface area contributed by atoms with Crippen molar-refractivity contribution in [2.45, 2.75) is 13.5 Å². The smallest absolute Gasteiger partial charge is 0.338 e. The third-order valence-corrected chi connectivity index (χ3v) is 3.24. The maximum absolute atomic E-state index is 11.6. The van der Waals surface area contributed by atoms with Crippen LogP contribution in [0.15, 0.2) is 40.8 Å². The summed E-state index contributed by atoms with van der Waals surface area (Å²) >= 11 is 0. The van der Waals surface area contributed by atoms with E-state index in [1.54, 1.807) is 19.1 Å². The molecule has 0 radical (unpaired) electrons. The molecule has 0 aliphatic carbocycles. The number of carbonyl (C=O) groups excluding carboxylic acids is 1. The zero-order valence-corrected chi connectivity index (χ0v) is 13.0. The van der Waals surface area contributed by atoms with E-state index in [-0.39, 0.29) is 11.9 Å². The van der Waals surface area contributed by atoms with Gasteiger partial charge >= 0.3 is 5.97 Å². The average Bonchev–Trinajstić information content (AvgIpc) is 3.22. The van der Waals surface area contributed by atoms with Crippen molar-refractivity contribution in [1.29, 1.82) is 0 Å². The second kappa shape index (κ2) is 6.82. The molecule has 0 bridgehead atoms. The maximum Gasteiger partial charge on any atom is 0.338 e. The van der Waals surface area contributed by atoms with Gasteiger partial charge in [0.25, 0.3) is 5.95 Å². The number of nitrogens with two attached hydrogens (primary N) is 1. The normalized spacial score (nSPS) is 10.5. The number of carbonyl (C=O) groups is 1. The Morgan fingerprint density at radius 2 is 2.08 bits per heavy atom. The number of nitrogens with zero attached hydrogens (tertiary/aromatic N) is 4. The van der Waals surface area contributed by atoms with Crippen LogP contribution >= 0.6 is 0 Å². The molecule has 0 atom stereocenters. The van der Waals surface area contributed by atoms with Gasteiger partial charge in [-0.05, 0) is 41.6 Å². The second-order valence-electron chi connectivity index (χ2n) is 4.85. The number of rotatable bonds is 6. The van der Waals surface area contributed by atoms with Gasteiger partial charge in [0.2, 0.25) is 0 Å². The number of aromatic nitrogens is 4. The van der Waals surface area contributed by atoms with Crippen LogP contribution < -0.4 is 11.2 Å². The summed E-state index contributed by atoms with van der Waals surface area (Å²) in [6.07, 6.45) is 0. The molecule has 3 N–H and O–H groups in total. The quantitative estimate of drug-likeness (QED) is 0.652. The number of ether oxygens (including phenoxy) is 1. The van der Waals surface area contributed by atoms with Crippen molar-refractivity contribution in [2.75, 3.05) is 17.8 Å². The minimum absolute atomic E-state index is 0.163. The standard InChI is InChI=1S/C15H16N6O3/c1-2-23-14(22)11-5-3-10(4-6-11)13-8-7-12(24-13)9-17-21-15(16)18-19-20-21/h3-8,17H,2,9H2,1H3,(H2,16,18,20). The molecule has 0 aliphatic heterocycles. The van der Waals surface area contributed by atoms with E-state index in [2.05, 4.69) is 21.0 Å². The van der Waals surface area contributed by atoms with Crippen LogP contribution in [0.4, 0.5) is 5.95 Å². The molecule has 0 unspecified atom stereocenters. The molecule has 0 saturated carbocycles. The van der Waals surface area contributed by atoms with Gasteiger partial charge in [-0.1, -0.05) is 17.2 Å². The fraction of sp³-hybridized carbons (Fsp3) is 0.200. The lowest BCUT2D eigenvalue weighted by atomic mass is 10.1. The molecule has 2 aromatic heterocycles. The van der Waals surface area contributed by atoms with Crippen molar-refractivity contribution in [1.82, 2.24) is 20.3 Å². The van der Waals surface area contributed by atoms with Crippen LogP contribution in [0.2, 0.25) is 0 Å². The van der Waals surface area contributed by atoms with Crippen LogP contribution in [0.25, 0.3) is 11.3 Å². The fourth-order valence-corrected chi connectivity index (χ4v) is 2.07. The van der Waals surface area contributed by atoms with Gasteiger partial charge in [-0.25, -0.2) is 4.79 Å². The van der Waals surface area contributed by atoms with Gasteiger partial charge in [-0.2, -0.15) is 0 Å². The van der Waals surface area contributed by atoms with Crippen molar-refractivity contribution in [3.05, 3.63) is 47.7 Å². The summed E-state index contributed by atoms with van der Waals surface area (Å²) in [6.45, 7) is 2.49. The Morgan fingerprint density at radius 1 is 1.29 bits per heavy atom. The second-order valence-corrected chi connectivity index (χ2v) is 4.85. The summed E-state index contributed by atoms with van der Waals surface area (Å²) in [7, 11) is 0. The average molecular weight is 328 g/mol. The van der Waals surface area contributed by atoms with E-state index >= 15 is 0 Å². The van der Waals surface area contributed by atoms with Crippen LogP contribution in [0.3, 0.4) is 0 Å². The molecule has 0 saturated heterocycles. The van der Waals surface area contributed by atoms with E-state index < -0.39 is 0 Å². The monoisotopic (exact) mass is 328 g/mol. The Kier molecular flexibility index (Phi) is 4.41. The lowest BCUT2D eigenvalue weighted by molar-refractivity contribution is 0.0526. The summed E-state index contributed by atoms with van der Waals surface area (Å²) in [5.74, 6) is 1.20. The first kappa shape index (κ1) is 15.5. The van der Waals surface area contributed by atoms with Gasteiger partial charge in [0.05, 0.1) is 18.7 Å². The van der Waals surface area contributed by atoms with Gasteiger partial charge in [0.1, 0.15) is 11.5 Å². The molecule has 9 nitrogen and oxygen atoms in total. The Morgan fingerprint density at radius 3 is 2.75 bits per heavy atom. The van der Waals surface area contributed by atoms with E-state index in [9.17, 15) is 4.79 Å². The first-order valence-electron chi connectivity index (χ1n) is 7.31. The number of tetrazole rings is 1. The number of furan rings is 1. The highest BCUT2D eigenvalue weighted by molar-refractivity contribution is 5.89. The number of anilines is 1. The number of hydrogen-bond donors (Lipinski definition) is 2. The van der Waals surface area contributed by atoms with Crippen LogP contribution in [0, 0.1) is 0 Å². The predicted molar refractivity (Wildman–Crippen MR) is 85.4 cm³/mol. The molecule has 9 heteroatoms. The number of nitrogen functional groups attached to an aromatic ring is 1.